The zero-order chi connectivity index (χ0) is 25.4. The van der Waals surface area contributed by atoms with Gasteiger partial charge in [-0.2, -0.15) is 5.26 Å². The van der Waals surface area contributed by atoms with Crippen LogP contribution in [0.15, 0.2) is 53.0 Å². The lowest BCUT2D eigenvalue weighted by Gasteiger charge is -2.46. The van der Waals surface area contributed by atoms with Crippen LogP contribution in [-0.4, -0.2) is 11.7 Å². The SMILES string of the molecule is Cc1c(Cl)ccc2c1NC(=O)C21C(C#N)=C(N)N(c2ccc(Cl)c(Cl)c2)C2=C1C(=O)CC(C)(C)C2. The van der Waals surface area contributed by atoms with E-state index in [1.807, 2.05) is 13.8 Å². The van der Waals surface area contributed by atoms with Crippen molar-refractivity contribution in [3.8, 4) is 6.07 Å². The maximum atomic E-state index is 13.9. The molecule has 5 rings (SSSR count). The number of hydrogen-bond acceptors (Lipinski definition) is 5. The number of fused-ring (bicyclic) bond motifs is 3. The van der Waals surface area contributed by atoms with Gasteiger partial charge >= 0.3 is 0 Å². The van der Waals surface area contributed by atoms with Gasteiger partial charge in [-0.25, -0.2) is 0 Å². The lowest BCUT2D eigenvalue weighted by atomic mass is 9.60. The molecule has 1 atom stereocenters. The molecule has 0 saturated heterocycles. The fraction of sp³-hybridized carbons (Fsp3) is 0.269. The van der Waals surface area contributed by atoms with Gasteiger partial charge in [0.05, 0.1) is 21.3 Å². The summed E-state index contributed by atoms with van der Waals surface area (Å²) in [5.74, 6) is -0.644. The summed E-state index contributed by atoms with van der Waals surface area (Å²) in [4.78, 5) is 29.4. The maximum Gasteiger partial charge on any atom is 0.245 e. The number of benzene rings is 2. The Morgan fingerprint density at radius 3 is 2.40 bits per heavy atom. The van der Waals surface area contributed by atoms with Crippen molar-refractivity contribution in [3.05, 3.63) is 79.2 Å². The Morgan fingerprint density at radius 1 is 1.06 bits per heavy atom. The molecule has 1 aliphatic carbocycles. The van der Waals surface area contributed by atoms with Crippen molar-refractivity contribution in [2.45, 2.75) is 39.0 Å². The number of carbonyl (C=O) groups is 2. The minimum Gasteiger partial charge on any atom is -0.384 e. The van der Waals surface area contributed by atoms with E-state index in [0.29, 0.717) is 49.7 Å². The fourth-order valence-corrected chi connectivity index (χ4v) is 5.97. The third kappa shape index (κ3) is 3.15. The van der Waals surface area contributed by atoms with E-state index < -0.39 is 16.7 Å². The van der Waals surface area contributed by atoms with Gasteiger partial charge in [0.1, 0.15) is 17.3 Å². The van der Waals surface area contributed by atoms with Crippen LogP contribution in [0.5, 0.6) is 0 Å². The molecule has 2 heterocycles. The highest BCUT2D eigenvalue weighted by atomic mass is 35.5. The van der Waals surface area contributed by atoms with Crippen LogP contribution in [0, 0.1) is 23.7 Å². The Kier molecular flexibility index (Phi) is 5.27. The number of nitrogens with two attached hydrogens (primary N) is 1. The second-order valence-corrected chi connectivity index (χ2v) is 11.1. The molecule has 2 aliphatic heterocycles. The van der Waals surface area contributed by atoms with Gasteiger partial charge in [-0.1, -0.05) is 54.7 Å². The van der Waals surface area contributed by atoms with E-state index in [1.165, 1.54) is 0 Å². The van der Waals surface area contributed by atoms with E-state index >= 15 is 0 Å². The first-order valence-corrected chi connectivity index (χ1v) is 12.1. The monoisotopic (exact) mass is 526 g/mol. The molecule has 0 bridgehead atoms. The van der Waals surface area contributed by atoms with Crippen molar-refractivity contribution >= 4 is 57.9 Å². The first kappa shape index (κ1) is 23.7. The Hall–Kier alpha value is -2.98. The molecular weight excluding hydrogens is 507 g/mol. The summed E-state index contributed by atoms with van der Waals surface area (Å²) in [7, 11) is 0. The first-order valence-electron chi connectivity index (χ1n) is 11.0. The average molecular weight is 528 g/mol. The molecular formula is C26H21Cl3N4O2. The van der Waals surface area contributed by atoms with Crippen LogP contribution in [0.1, 0.15) is 37.8 Å². The second-order valence-electron chi connectivity index (χ2n) is 9.87. The van der Waals surface area contributed by atoms with Gasteiger partial charge in [0.2, 0.25) is 5.91 Å². The summed E-state index contributed by atoms with van der Waals surface area (Å²) in [6, 6.07) is 10.5. The van der Waals surface area contributed by atoms with Gasteiger partial charge in [-0.05, 0) is 48.6 Å². The summed E-state index contributed by atoms with van der Waals surface area (Å²) in [5.41, 5.74) is 7.62. The van der Waals surface area contributed by atoms with Gasteiger partial charge in [0.15, 0.2) is 5.78 Å². The van der Waals surface area contributed by atoms with Crippen LogP contribution in [0.25, 0.3) is 0 Å². The number of ketones is 1. The summed E-state index contributed by atoms with van der Waals surface area (Å²) in [6.07, 6.45) is 0.668. The molecule has 0 saturated carbocycles. The highest BCUT2D eigenvalue weighted by Crippen LogP contribution is 2.58. The Bertz CT molecular complexity index is 1470. The number of allylic oxidation sites excluding steroid dienone is 1. The fourth-order valence-electron chi connectivity index (χ4n) is 5.52. The summed E-state index contributed by atoms with van der Waals surface area (Å²) in [5, 5.41) is 14.4. The molecule has 2 aromatic carbocycles. The molecule has 0 radical (unpaired) electrons. The topological polar surface area (TPSA) is 99.2 Å². The molecule has 35 heavy (non-hydrogen) atoms. The van der Waals surface area contributed by atoms with Crippen molar-refractivity contribution in [2.75, 3.05) is 10.2 Å². The molecule has 6 nitrogen and oxygen atoms in total. The number of halogens is 3. The van der Waals surface area contributed by atoms with Crippen molar-refractivity contribution in [1.29, 1.82) is 5.26 Å². The van der Waals surface area contributed by atoms with Crippen LogP contribution < -0.4 is 16.0 Å². The average Bonchev–Trinajstić information content (AvgIpc) is 3.05. The van der Waals surface area contributed by atoms with Gasteiger partial charge in [0, 0.05) is 34.0 Å². The Labute approximate surface area is 217 Å². The summed E-state index contributed by atoms with van der Waals surface area (Å²) < 4.78 is 0. The van der Waals surface area contributed by atoms with Crippen LogP contribution in [0.4, 0.5) is 11.4 Å². The van der Waals surface area contributed by atoms with E-state index in [-0.39, 0.29) is 29.2 Å². The van der Waals surface area contributed by atoms with E-state index in [9.17, 15) is 14.9 Å². The first-order chi connectivity index (χ1) is 16.4. The smallest absolute Gasteiger partial charge is 0.245 e. The van der Waals surface area contributed by atoms with Crippen molar-refractivity contribution < 1.29 is 9.59 Å². The van der Waals surface area contributed by atoms with Gasteiger partial charge in [0.25, 0.3) is 0 Å². The molecule has 1 spiro atoms. The third-order valence-electron chi connectivity index (χ3n) is 7.02. The van der Waals surface area contributed by atoms with Crippen LogP contribution in [0.2, 0.25) is 15.1 Å². The number of anilines is 2. The molecule has 1 unspecified atom stereocenters. The second kappa shape index (κ2) is 7.76. The van der Waals surface area contributed by atoms with Crippen molar-refractivity contribution in [2.24, 2.45) is 11.1 Å². The van der Waals surface area contributed by atoms with Gasteiger partial charge < -0.3 is 11.1 Å². The van der Waals surface area contributed by atoms with E-state index in [0.717, 1.165) is 0 Å². The normalized spacial score (nSPS) is 22.8. The molecule has 1 amide bonds. The Morgan fingerprint density at radius 2 is 1.74 bits per heavy atom. The largest absolute Gasteiger partial charge is 0.384 e. The molecule has 3 N–H and O–H groups in total. The number of carbonyl (C=O) groups excluding carboxylic acids is 2. The maximum absolute atomic E-state index is 13.9. The predicted octanol–water partition coefficient (Wildman–Crippen LogP) is 6.00. The van der Waals surface area contributed by atoms with Crippen LogP contribution in [-0.2, 0) is 15.0 Å². The molecule has 178 valence electrons. The zero-order valence-electron chi connectivity index (χ0n) is 19.2. The lowest BCUT2D eigenvalue weighted by molar-refractivity contribution is -0.123. The van der Waals surface area contributed by atoms with E-state index in [2.05, 4.69) is 11.4 Å². The highest BCUT2D eigenvalue weighted by molar-refractivity contribution is 6.42. The Balaban J connectivity index is 1.91. The molecule has 0 aromatic heterocycles. The molecule has 9 heteroatoms. The lowest BCUT2D eigenvalue weighted by Crippen LogP contribution is -2.52. The third-order valence-corrected chi connectivity index (χ3v) is 8.17. The predicted molar refractivity (Wildman–Crippen MR) is 137 cm³/mol. The highest BCUT2D eigenvalue weighted by Gasteiger charge is 2.61. The molecule has 3 aliphatic rings. The molecule has 2 aromatic rings. The number of nitriles is 1. The number of hydrogen-bond donors (Lipinski definition) is 2. The number of Topliss-reactive ketones (excluding diaryl/α,β-unsaturated/α-hetero) is 1. The van der Waals surface area contributed by atoms with E-state index in [4.69, 9.17) is 40.5 Å². The van der Waals surface area contributed by atoms with Crippen molar-refractivity contribution in [3.63, 3.8) is 0 Å². The van der Waals surface area contributed by atoms with E-state index in [1.54, 1.807) is 42.2 Å². The minimum atomic E-state index is -1.67. The van der Waals surface area contributed by atoms with Gasteiger partial charge in [-0.3, -0.25) is 14.5 Å². The minimum absolute atomic E-state index is 0.0200. The number of rotatable bonds is 1. The summed E-state index contributed by atoms with van der Waals surface area (Å²) in [6.45, 7) is 5.76. The van der Waals surface area contributed by atoms with Crippen LogP contribution in [0.3, 0.4) is 0 Å². The quantitative estimate of drug-likeness (QED) is 0.474. The number of amides is 1. The van der Waals surface area contributed by atoms with Crippen LogP contribution >= 0.6 is 34.8 Å². The standard InChI is InChI=1S/C26H21Cl3N4O2/c1-12-16(27)7-5-14-22(12)32-24(35)26(14)15(11-30)23(31)33(13-4-6-17(28)18(29)8-13)19-9-25(2,3)10-20(34)21(19)26/h4-8H,9-10,31H2,1-3H3,(H,32,35). The summed E-state index contributed by atoms with van der Waals surface area (Å²) >= 11 is 18.8. The number of nitrogens with one attached hydrogen (secondary N) is 1. The molecule has 0 fully saturated rings. The zero-order valence-corrected chi connectivity index (χ0v) is 21.5. The van der Waals surface area contributed by atoms with Crippen molar-refractivity contribution in [1.82, 2.24) is 0 Å². The number of nitrogens with zero attached hydrogens (tertiary/aromatic N) is 2. The van der Waals surface area contributed by atoms with Gasteiger partial charge in [-0.15, -0.1) is 0 Å².